The number of benzene rings is 8. The Labute approximate surface area is 308 Å². The van der Waals surface area contributed by atoms with Crippen LogP contribution >= 0.6 is 22.7 Å². The quantitative estimate of drug-likeness (QED) is 0.178. The highest BCUT2D eigenvalue weighted by molar-refractivity contribution is 7.29. The smallest absolute Gasteiger partial charge is 0.136 e. The van der Waals surface area contributed by atoms with Gasteiger partial charge in [-0.3, -0.25) is 0 Å². The van der Waals surface area contributed by atoms with Crippen molar-refractivity contribution in [3.63, 3.8) is 0 Å². The highest BCUT2D eigenvalue weighted by atomic mass is 32.1. The number of fused-ring (bicyclic) bond motifs is 10. The Bertz CT molecular complexity index is 3110. The summed E-state index contributed by atoms with van der Waals surface area (Å²) in [6, 6.07) is 63.6. The van der Waals surface area contributed by atoms with Gasteiger partial charge in [-0.05, 0) is 89.0 Å². The Balaban J connectivity index is 1.10. The molecule has 2 nitrogen and oxygen atoms in total. The van der Waals surface area contributed by atoms with Crippen molar-refractivity contribution in [3.8, 4) is 22.3 Å². The number of anilines is 3. The van der Waals surface area contributed by atoms with Crippen molar-refractivity contribution in [2.75, 3.05) is 4.90 Å². The minimum atomic E-state index is 0.909. The number of para-hydroxylation sites is 1. The van der Waals surface area contributed by atoms with E-state index >= 15 is 0 Å². The van der Waals surface area contributed by atoms with Gasteiger partial charge in [0.15, 0.2) is 0 Å². The molecule has 244 valence electrons. The van der Waals surface area contributed by atoms with Crippen LogP contribution in [0.1, 0.15) is 0 Å². The minimum Gasteiger partial charge on any atom is -0.456 e. The van der Waals surface area contributed by atoms with Gasteiger partial charge in [0, 0.05) is 62.5 Å². The predicted octanol–water partition coefficient (Wildman–Crippen LogP) is 15.1. The lowest BCUT2D eigenvalue weighted by molar-refractivity contribution is 0.669. The molecule has 0 radical (unpaired) electrons. The van der Waals surface area contributed by atoms with E-state index in [1.54, 1.807) is 0 Å². The zero-order valence-electron chi connectivity index (χ0n) is 27.9. The maximum atomic E-state index is 6.25. The first kappa shape index (κ1) is 29.5. The van der Waals surface area contributed by atoms with Crippen molar-refractivity contribution in [1.82, 2.24) is 0 Å². The Morgan fingerprint density at radius 3 is 1.77 bits per heavy atom. The third kappa shape index (κ3) is 4.62. The van der Waals surface area contributed by atoms with Gasteiger partial charge in [0.05, 0.1) is 5.69 Å². The molecule has 0 bridgehead atoms. The van der Waals surface area contributed by atoms with Crippen LogP contribution in [0.3, 0.4) is 0 Å². The molecule has 0 aliphatic heterocycles. The summed E-state index contributed by atoms with van der Waals surface area (Å²) in [5.74, 6) is 0. The molecule has 0 aliphatic rings. The average Bonchev–Trinajstić information content (AvgIpc) is 3.90. The highest BCUT2D eigenvalue weighted by Crippen LogP contribution is 2.49. The summed E-state index contributed by atoms with van der Waals surface area (Å²) in [5, 5.41) is 7.58. The van der Waals surface area contributed by atoms with Crippen LogP contribution in [0.25, 0.3) is 84.5 Å². The molecule has 0 unspecified atom stereocenters. The van der Waals surface area contributed by atoms with Crippen LogP contribution in [0.2, 0.25) is 0 Å². The molecule has 11 aromatic rings. The first-order valence-electron chi connectivity index (χ1n) is 17.5. The monoisotopic (exact) mass is 699 g/mol. The van der Waals surface area contributed by atoms with E-state index in [0.29, 0.717) is 0 Å². The van der Waals surface area contributed by atoms with Crippen LogP contribution in [0, 0.1) is 0 Å². The van der Waals surface area contributed by atoms with Gasteiger partial charge in [-0.25, -0.2) is 0 Å². The van der Waals surface area contributed by atoms with Crippen molar-refractivity contribution >= 4 is 102 Å². The Morgan fingerprint density at radius 2 is 0.962 bits per heavy atom. The number of hydrogen-bond acceptors (Lipinski definition) is 4. The molecular formula is C48H29NOS2. The van der Waals surface area contributed by atoms with Crippen molar-refractivity contribution in [2.45, 2.75) is 0 Å². The standard InChI is InChI=1S/C48H29NOS2/c1-2-9-30(10-3-1)31-17-22-34(23-18-31)49(35-24-19-32(20-25-35)33-21-26-37-36-11-4-6-14-41(36)50-42(37)29-33)40-13-8-16-44-46(40)47-45(51-44)28-27-39-38-12-5-7-15-43(38)52-48(39)47/h1-29H. The van der Waals surface area contributed by atoms with Crippen LogP contribution in [-0.4, -0.2) is 0 Å². The molecule has 0 aliphatic carbocycles. The molecule has 8 aromatic carbocycles. The second-order valence-electron chi connectivity index (χ2n) is 13.3. The predicted molar refractivity (Wildman–Crippen MR) is 225 cm³/mol. The number of thiophene rings is 2. The fourth-order valence-corrected chi connectivity index (χ4v) is 10.3. The van der Waals surface area contributed by atoms with Crippen molar-refractivity contribution in [1.29, 1.82) is 0 Å². The molecule has 0 fully saturated rings. The minimum absolute atomic E-state index is 0.909. The van der Waals surface area contributed by atoms with Crippen molar-refractivity contribution < 1.29 is 4.42 Å². The molecule has 0 N–H and O–H groups in total. The molecular weight excluding hydrogens is 671 g/mol. The van der Waals surface area contributed by atoms with E-state index in [9.17, 15) is 0 Å². The lowest BCUT2D eigenvalue weighted by Gasteiger charge is -2.27. The maximum absolute atomic E-state index is 6.25. The van der Waals surface area contributed by atoms with Gasteiger partial charge in [0.1, 0.15) is 11.2 Å². The molecule has 3 heterocycles. The fraction of sp³-hybridized carbons (Fsp3) is 0. The summed E-state index contributed by atoms with van der Waals surface area (Å²) in [4.78, 5) is 2.43. The molecule has 3 aromatic heterocycles. The zero-order valence-corrected chi connectivity index (χ0v) is 29.5. The van der Waals surface area contributed by atoms with E-state index in [0.717, 1.165) is 44.4 Å². The third-order valence-corrected chi connectivity index (χ3v) is 12.6. The summed E-state index contributed by atoms with van der Waals surface area (Å²) in [6.45, 7) is 0. The second kappa shape index (κ2) is 11.7. The number of nitrogens with zero attached hydrogens (tertiary/aromatic N) is 1. The second-order valence-corrected chi connectivity index (χ2v) is 15.4. The van der Waals surface area contributed by atoms with Gasteiger partial charge in [0.2, 0.25) is 0 Å². The zero-order chi connectivity index (χ0) is 34.2. The number of hydrogen-bond donors (Lipinski definition) is 0. The maximum Gasteiger partial charge on any atom is 0.136 e. The molecule has 0 amide bonds. The van der Waals surface area contributed by atoms with Gasteiger partial charge in [-0.2, -0.15) is 0 Å². The van der Waals surface area contributed by atoms with E-state index < -0.39 is 0 Å². The van der Waals surface area contributed by atoms with Crippen LogP contribution in [0.5, 0.6) is 0 Å². The lowest BCUT2D eigenvalue weighted by Crippen LogP contribution is -2.10. The van der Waals surface area contributed by atoms with Crippen LogP contribution < -0.4 is 4.90 Å². The van der Waals surface area contributed by atoms with Gasteiger partial charge in [-0.1, -0.05) is 109 Å². The van der Waals surface area contributed by atoms with Crippen LogP contribution in [0.15, 0.2) is 180 Å². The van der Waals surface area contributed by atoms with E-state index in [1.807, 2.05) is 34.8 Å². The lowest BCUT2D eigenvalue weighted by atomic mass is 10.0. The van der Waals surface area contributed by atoms with Gasteiger partial charge in [-0.15, -0.1) is 22.7 Å². The normalized spacial score (nSPS) is 11.8. The fourth-order valence-electron chi connectivity index (χ4n) is 7.82. The molecule has 52 heavy (non-hydrogen) atoms. The summed E-state index contributed by atoms with van der Waals surface area (Å²) >= 11 is 3.79. The van der Waals surface area contributed by atoms with Crippen LogP contribution in [0.4, 0.5) is 17.1 Å². The van der Waals surface area contributed by atoms with Gasteiger partial charge >= 0.3 is 0 Å². The SMILES string of the molecule is c1ccc(-c2ccc(N(c3ccc(-c4ccc5c(c4)oc4ccccc45)cc3)c3cccc4sc5ccc6c7ccccc7sc6c5c34)cc2)cc1. The van der Waals surface area contributed by atoms with E-state index in [1.165, 1.54) is 57.2 Å². The van der Waals surface area contributed by atoms with E-state index in [-0.39, 0.29) is 0 Å². The molecule has 0 atom stereocenters. The first-order chi connectivity index (χ1) is 25.8. The van der Waals surface area contributed by atoms with Crippen LogP contribution in [-0.2, 0) is 0 Å². The Morgan fingerprint density at radius 1 is 0.365 bits per heavy atom. The number of furan rings is 1. The molecule has 4 heteroatoms. The molecule has 11 rings (SSSR count). The summed E-state index contributed by atoms with van der Waals surface area (Å²) in [6.07, 6.45) is 0. The number of rotatable bonds is 5. The highest BCUT2D eigenvalue weighted by Gasteiger charge is 2.21. The topological polar surface area (TPSA) is 16.4 Å². The molecule has 0 saturated carbocycles. The largest absolute Gasteiger partial charge is 0.456 e. The third-order valence-electron chi connectivity index (χ3n) is 10.3. The average molecular weight is 700 g/mol. The van der Waals surface area contributed by atoms with E-state index in [4.69, 9.17) is 4.42 Å². The van der Waals surface area contributed by atoms with E-state index in [2.05, 4.69) is 169 Å². The first-order valence-corrected chi connectivity index (χ1v) is 19.1. The van der Waals surface area contributed by atoms with Crippen molar-refractivity contribution in [3.05, 3.63) is 176 Å². The Kier molecular flexibility index (Phi) is 6.63. The summed E-state index contributed by atoms with van der Waals surface area (Å²) < 4.78 is 11.5. The van der Waals surface area contributed by atoms with Crippen molar-refractivity contribution in [2.24, 2.45) is 0 Å². The molecule has 0 spiro atoms. The summed E-state index contributed by atoms with van der Waals surface area (Å²) in [5.41, 5.74) is 9.93. The molecule has 0 saturated heterocycles. The van der Waals surface area contributed by atoms with Gasteiger partial charge in [0.25, 0.3) is 0 Å². The Hall–Kier alpha value is -6.20. The summed E-state index contributed by atoms with van der Waals surface area (Å²) in [7, 11) is 0. The van der Waals surface area contributed by atoms with Gasteiger partial charge < -0.3 is 9.32 Å².